The van der Waals surface area contributed by atoms with Crippen LogP contribution in [0.4, 0.5) is 18.0 Å². The van der Waals surface area contributed by atoms with Gasteiger partial charge < -0.3 is 10.1 Å². The van der Waals surface area contributed by atoms with Gasteiger partial charge in [0.1, 0.15) is 5.75 Å². The lowest BCUT2D eigenvalue weighted by atomic mass is 9.96. The van der Waals surface area contributed by atoms with Crippen LogP contribution in [0.3, 0.4) is 0 Å². The number of hydrogen-bond acceptors (Lipinski definition) is 3. The molecule has 0 aliphatic heterocycles. The number of ether oxygens (including phenoxy) is 1. The maximum atomic E-state index is 12.8. The first-order chi connectivity index (χ1) is 12.3. The lowest BCUT2D eigenvalue weighted by molar-refractivity contribution is -0.137. The fourth-order valence-corrected chi connectivity index (χ4v) is 3.04. The van der Waals surface area contributed by atoms with Crippen molar-refractivity contribution >= 4 is 6.03 Å². The molecule has 1 fully saturated rings. The van der Waals surface area contributed by atoms with Gasteiger partial charge in [0.2, 0.25) is 5.88 Å². The Hall–Kier alpha value is -2.51. The third kappa shape index (κ3) is 4.36. The molecule has 5 nitrogen and oxygen atoms in total. The average Bonchev–Trinajstić information content (AvgIpc) is 2.95. The lowest BCUT2D eigenvalue weighted by Crippen LogP contribution is -2.39. The van der Waals surface area contributed by atoms with Crippen molar-refractivity contribution in [3.8, 4) is 11.6 Å². The zero-order valence-electron chi connectivity index (χ0n) is 14.3. The summed E-state index contributed by atoms with van der Waals surface area (Å²) >= 11 is 0. The van der Waals surface area contributed by atoms with Crippen LogP contribution in [0.1, 0.15) is 43.4 Å². The van der Waals surface area contributed by atoms with Crippen LogP contribution in [-0.4, -0.2) is 21.9 Å². The predicted octanol–water partition coefficient (Wildman–Crippen LogP) is 4.89. The molecule has 1 saturated carbocycles. The molecule has 0 saturated heterocycles. The maximum Gasteiger partial charge on any atom is 0.416 e. The SMILES string of the molecule is Cc1cc(Oc2cccc(C(F)(F)F)c2)nn1C(=O)NC1CCCCC1. The van der Waals surface area contributed by atoms with Crippen molar-refractivity contribution in [2.45, 2.75) is 51.2 Å². The van der Waals surface area contributed by atoms with E-state index in [1.54, 1.807) is 6.92 Å². The highest BCUT2D eigenvalue weighted by Crippen LogP contribution is 2.32. The Balaban J connectivity index is 1.71. The number of aryl methyl sites for hydroxylation is 1. The van der Waals surface area contributed by atoms with Crippen LogP contribution >= 0.6 is 0 Å². The molecule has 1 aromatic carbocycles. The largest absolute Gasteiger partial charge is 0.438 e. The van der Waals surface area contributed by atoms with Crippen LogP contribution in [0.15, 0.2) is 30.3 Å². The standard InChI is InChI=1S/C18H20F3N3O2/c1-12-10-16(26-15-9-5-6-13(11-15)18(19,20)21)23-24(12)17(25)22-14-7-3-2-4-8-14/h5-6,9-11,14H,2-4,7-8H2,1H3,(H,22,25). The number of rotatable bonds is 3. The van der Waals surface area contributed by atoms with E-state index < -0.39 is 11.7 Å². The first-order valence-electron chi connectivity index (χ1n) is 8.55. The van der Waals surface area contributed by atoms with Gasteiger partial charge in [0.15, 0.2) is 0 Å². The number of nitrogens with one attached hydrogen (secondary N) is 1. The smallest absolute Gasteiger partial charge is 0.416 e. The van der Waals surface area contributed by atoms with E-state index in [-0.39, 0.29) is 23.7 Å². The number of nitrogens with zero attached hydrogens (tertiary/aromatic N) is 2. The molecule has 3 rings (SSSR count). The van der Waals surface area contributed by atoms with E-state index in [0.717, 1.165) is 37.8 Å². The summed E-state index contributed by atoms with van der Waals surface area (Å²) in [6.07, 6.45) is 0.801. The predicted molar refractivity (Wildman–Crippen MR) is 89.3 cm³/mol. The normalized spacial score (nSPS) is 15.7. The van der Waals surface area contributed by atoms with Gasteiger partial charge in [0, 0.05) is 12.1 Å². The van der Waals surface area contributed by atoms with Gasteiger partial charge in [-0.05, 0) is 38.0 Å². The van der Waals surface area contributed by atoms with E-state index in [2.05, 4.69) is 10.4 Å². The van der Waals surface area contributed by atoms with Crippen molar-refractivity contribution in [1.29, 1.82) is 0 Å². The summed E-state index contributed by atoms with van der Waals surface area (Å²) < 4.78 is 44.9. The summed E-state index contributed by atoms with van der Waals surface area (Å²) in [4.78, 5) is 12.4. The van der Waals surface area contributed by atoms with E-state index in [4.69, 9.17) is 4.74 Å². The van der Waals surface area contributed by atoms with Crippen LogP contribution in [0.25, 0.3) is 0 Å². The van der Waals surface area contributed by atoms with Crippen LogP contribution in [-0.2, 0) is 6.18 Å². The first-order valence-corrected chi connectivity index (χ1v) is 8.55. The van der Waals surface area contributed by atoms with Gasteiger partial charge in [-0.3, -0.25) is 0 Å². The third-order valence-corrected chi connectivity index (χ3v) is 4.37. The number of carbonyl (C=O) groups is 1. The molecule has 1 amide bonds. The minimum absolute atomic E-state index is 0.0113. The number of benzene rings is 1. The molecule has 0 radical (unpaired) electrons. The second kappa shape index (κ2) is 7.39. The van der Waals surface area contributed by atoms with E-state index in [9.17, 15) is 18.0 Å². The number of amides is 1. The zero-order valence-corrected chi connectivity index (χ0v) is 14.3. The highest BCUT2D eigenvalue weighted by molar-refractivity contribution is 5.77. The Kier molecular flexibility index (Phi) is 5.20. The van der Waals surface area contributed by atoms with Crippen LogP contribution in [0, 0.1) is 6.92 Å². The van der Waals surface area contributed by atoms with Gasteiger partial charge in [0.25, 0.3) is 0 Å². The van der Waals surface area contributed by atoms with Gasteiger partial charge in [-0.15, -0.1) is 5.10 Å². The van der Waals surface area contributed by atoms with Gasteiger partial charge in [-0.2, -0.15) is 17.9 Å². The Bertz CT molecular complexity index is 780. The molecule has 26 heavy (non-hydrogen) atoms. The van der Waals surface area contributed by atoms with Crippen LogP contribution < -0.4 is 10.1 Å². The van der Waals surface area contributed by atoms with E-state index >= 15 is 0 Å². The zero-order chi connectivity index (χ0) is 18.7. The molecule has 1 aromatic heterocycles. The molecule has 1 aliphatic rings. The number of alkyl halides is 3. The Morgan fingerprint density at radius 3 is 2.65 bits per heavy atom. The molecule has 1 aliphatic carbocycles. The van der Waals surface area contributed by atoms with Crippen LogP contribution in [0.2, 0.25) is 0 Å². The summed E-state index contributed by atoms with van der Waals surface area (Å²) in [6, 6.07) is 5.83. The fourth-order valence-electron chi connectivity index (χ4n) is 3.04. The second-order valence-electron chi connectivity index (χ2n) is 6.45. The number of aromatic nitrogens is 2. The molecule has 1 N–H and O–H groups in total. The Morgan fingerprint density at radius 1 is 1.23 bits per heavy atom. The molecular weight excluding hydrogens is 347 g/mol. The van der Waals surface area contributed by atoms with Crippen molar-refractivity contribution in [1.82, 2.24) is 15.1 Å². The summed E-state index contributed by atoms with van der Waals surface area (Å²) in [5.74, 6) is 0.0813. The molecule has 2 aromatic rings. The van der Waals surface area contributed by atoms with E-state index in [1.165, 1.54) is 29.3 Å². The second-order valence-corrected chi connectivity index (χ2v) is 6.45. The Morgan fingerprint density at radius 2 is 1.96 bits per heavy atom. The molecular formula is C18H20F3N3O2. The summed E-state index contributed by atoms with van der Waals surface area (Å²) in [5, 5.41) is 7.00. The molecule has 0 atom stereocenters. The number of halogens is 3. The number of carbonyl (C=O) groups excluding carboxylic acids is 1. The van der Waals surface area contributed by atoms with Gasteiger partial charge in [-0.1, -0.05) is 25.3 Å². The highest BCUT2D eigenvalue weighted by atomic mass is 19.4. The van der Waals surface area contributed by atoms with Gasteiger partial charge in [-0.25, -0.2) is 4.79 Å². The molecule has 0 bridgehead atoms. The quantitative estimate of drug-likeness (QED) is 0.840. The monoisotopic (exact) mass is 367 g/mol. The molecule has 140 valence electrons. The summed E-state index contributed by atoms with van der Waals surface area (Å²) in [6.45, 7) is 1.69. The van der Waals surface area contributed by atoms with Crippen molar-refractivity contribution in [3.05, 3.63) is 41.6 Å². The first kappa shape index (κ1) is 18.3. The topological polar surface area (TPSA) is 56.2 Å². The summed E-state index contributed by atoms with van der Waals surface area (Å²) in [5.41, 5.74) is -0.263. The minimum atomic E-state index is -4.45. The van der Waals surface area contributed by atoms with Gasteiger partial charge >= 0.3 is 12.2 Å². The lowest BCUT2D eigenvalue weighted by Gasteiger charge is -2.22. The highest BCUT2D eigenvalue weighted by Gasteiger charge is 2.30. The fraction of sp³-hybridized carbons (Fsp3) is 0.444. The molecule has 0 unspecified atom stereocenters. The number of hydrogen-bond donors (Lipinski definition) is 1. The third-order valence-electron chi connectivity index (χ3n) is 4.37. The van der Waals surface area contributed by atoms with Crippen molar-refractivity contribution < 1.29 is 22.7 Å². The van der Waals surface area contributed by atoms with E-state index in [1.807, 2.05) is 0 Å². The molecule has 0 spiro atoms. The van der Waals surface area contributed by atoms with Crippen LogP contribution in [0.5, 0.6) is 11.6 Å². The summed E-state index contributed by atoms with van der Waals surface area (Å²) in [7, 11) is 0. The molecule has 8 heteroatoms. The van der Waals surface area contributed by atoms with Crippen molar-refractivity contribution in [2.24, 2.45) is 0 Å². The van der Waals surface area contributed by atoms with Crippen molar-refractivity contribution in [3.63, 3.8) is 0 Å². The Labute approximate surface area is 149 Å². The minimum Gasteiger partial charge on any atom is -0.438 e. The van der Waals surface area contributed by atoms with Crippen molar-refractivity contribution in [2.75, 3.05) is 0 Å². The van der Waals surface area contributed by atoms with E-state index in [0.29, 0.717) is 5.69 Å². The molecule has 1 heterocycles. The average molecular weight is 367 g/mol. The maximum absolute atomic E-state index is 12.8. The van der Waals surface area contributed by atoms with Gasteiger partial charge in [0.05, 0.1) is 11.3 Å².